The van der Waals surface area contributed by atoms with Crippen LogP contribution in [0.1, 0.15) is 55.8 Å². The Bertz CT molecular complexity index is 2210. The molecule has 0 unspecified atom stereocenters. The molecule has 11 nitrogen and oxygen atoms in total. The third kappa shape index (κ3) is 9.98. The highest BCUT2D eigenvalue weighted by atomic mass is 35.5. The molecule has 284 valence electrons. The smallest absolute Gasteiger partial charge is 0.337 e. The van der Waals surface area contributed by atoms with Crippen LogP contribution < -0.4 is 9.80 Å². The molecule has 0 amide bonds. The van der Waals surface area contributed by atoms with E-state index in [1.165, 1.54) is 13.2 Å². The molecule has 2 N–H and O–H groups in total. The lowest BCUT2D eigenvalue weighted by molar-refractivity contribution is 0.0600. The number of aliphatic hydroxyl groups excluding tert-OH is 1. The Morgan fingerprint density at radius 1 is 0.611 bits per heavy atom. The van der Waals surface area contributed by atoms with Crippen LogP contribution in [0.5, 0.6) is 0 Å². The van der Waals surface area contributed by atoms with Gasteiger partial charge in [-0.1, -0.05) is 54.9 Å². The van der Waals surface area contributed by atoms with Gasteiger partial charge in [-0.25, -0.2) is 29.5 Å². The van der Waals surface area contributed by atoms with Crippen molar-refractivity contribution in [2.75, 3.05) is 38.1 Å². The molecule has 2 heterocycles. The van der Waals surface area contributed by atoms with Crippen LogP contribution >= 0.6 is 23.2 Å². The minimum absolute atomic E-state index is 0. The van der Waals surface area contributed by atoms with Crippen molar-refractivity contribution in [3.8, 4) is 22.5 Å². The summed E-state index contributed by atoms with van der Waals surface area (Å²) in [7, 11) is 6.28. The molecule has 0 radical (unpaired) electrons. The van der Waals surface area contributed by atoms with Crippen LogP contribution in [-0.2, 0) is 4.74 Å². The second kappa shape index (κ2) is 19.1. The van der Waals surface area contributed by atoms with Gasteiger partial charge in [0.05, 0.1) is 40.3 Å². The number of carbonyl (C=O) groups is 2. The lowest BCUT2D eigenvalue weighted by atomic mass is 10.1. The SMILES string of the molecule is C.CC(C)N(C)c1nc2cc(C(=O)O)ccc2nc1-c1ccc(Cl)cc1.CO.COC(=O)c1ccc2nc(-c3ccc(Cl)cc3)c(N(C)C(C)C)nc2c1. The number of anilines is 2. The second-order valence-corrected chi connectivity index (χ2v) is 13.3. The first-order chi connectivity index (χ1) is 25.3. The quantitative estimate of drug-likeness (QED) is 0.143. The summed E-state index contributed by atoms with van der Waals surface area (Å²) < 4.78 is 4.80. The van der Waals surface area contributed by atoms with Crippen LogP contribution in [0.25, 0.3) is 44.6 Å². The van der Waals surface area contributed by atoms with E-state index in [1.54, 1.807) is 30.3 Å². The van der Waals surface area contributed by atoms with Gasteiger partial charge in [0.2, 0.25) is 0 Å². The summed E-state index contributed by atoms with van der Waals surface area (Å²) in [4.78, 5) is 46.2. The maximum Gasteiger partial charge on any atom is 0.337 e. The summed E-state index contributed by atoms with van der Waals surface area (Å²) in [6, 6.07) is 25.4. The Morgan fingerprint density at radius 3 is 1.33 bits per heavy atom. The second-order valence-electron chi connectivity index (χ2n) is 12.4. The van der Waals surface area contributed by atoms with Crippen LogP contribution in [0.15, 0.2) is 84.9 Å². The Hall–Kier alpha value is -5.36. The summed E-state index contributed by atoms with van der Waals surface area (Å²) in [5.74, 6) is 0.0719. The molecular formula is C41H46Cl2N6O5. The number of aromatic carboxylic acids is 1. The molecule has 4 aromatic carbocycles. The van der Waals surface area contributed by atoms with Crippen molar-refractivity contribution >= 4 is 68.8 Å². The fourth-order valence-corrected chi connectivity index (χ4v) is 5.30. The van der Waals surface area contributed by atoms with Crippen molar-refractivity contribution < 1.29 is 24.5 Å². The number of ether oxygens (including phenoxy) is 1. The number of fused-ring (bicyclic) bond motifs is 2. The van der Waals surface area contributed by atoms with Crippen molar-refractivity contribution in [3.63, 3.8) is 0 Å². The summed E-state index contributed by atoms with van der Waals surface area (Å²) >= 11 is 12.0. The van der Waals surface area contributed by atoms with Crippen LogP contribution in [0, 0.1) is 0 Å². The number of hydrogen-bond donors (Lipinski definition) is 2. The van der Waals surface area contributed by atoms with Gasteiger partial charge >= 0.3 is 11.9 Å². The van der Waals surface area contributed by atoms with E-state index >= 15 is 0 Å². The monoisotopic (exact) mass is 772 g/mol. The Balaban J connectivity index is 0.000000273. The predicted octanol–water partition coefficient (Wildman–Crippen LogP) is 9.32. The van der Waals surface area contributed by atoms with Crippen molar-refractivity contribution in [2.45, 2.75) is 47.2 Å². The third-order valence-corrected chi connectivity index (χ3v) is 8.92. The summed E-state index contributed by atoms with van der Waals surface area (Å²) in [5.41, 5.74) is 6.56. The van der Waals surface area contributed by atoms with Crippen molar-refractivity contribution in [1.82, 2.24) is 19.9 Å². The van der Waals surface area contributed by atoms with E-state index < -0.39 is 11.9 Å². The first-order valence-electron chi connectivity index (χ1n) is 16.6. The average molecular weight is 774 g/mol. The van der Waals surface area contributed by atoms with Gasteiger partial charge < -0.3 is 24.7 Å². The molecule has 0 spiro atoms. The van der Waals surface area contributed by atoms with Crippen molar-refractivity contribution in [3.05, 3.63) is 106 Å². The zero-order valence-electron chi connectivity index (χ0n) is 30.8. The van der Waals surface area contributed by atoms with Gasteiger partial charge in [0.25, 0.3) is 0 Å². The minimum atomic E-state index is -0.982. The molecular weight excluding hydrogens is 727 g/mol. The molecule has 0 atom stereocenters. The number of carbonyl (C=O) groups excluding carboxylic acids is 1. The third-order valence-electron chi connectivity index (χ3n) is 8.41. The normalized spacial score (nSPS) is 10.5. The molecule has 54 heavy (non-hydrogen) atoms. The molecule has 0 fully saturated rings. The minimum Gasteiger partial charge on any atom is -0.478 e. The number of aliphatic hydroxyl groups is 1. The zero-order chi connectivity index (χ0) is 39.0. The average Bonchev–Trinajstić information content (AvgIpc) is 3.17. The van der Waals surface area contributed by atoms with Gasteiger partial charge in [-0.05, 0) is 88.4 Å². The molecule has 0 aliphatic carbocycles. The first kappa shape index (κ1) is 43.0. The standard InChI is InChI=1S/C20H20ClN3O2.C19H18ClN3O2.CH4O.CH4/c1-12(2)24(3)19-18(13-5-8-15(21)9-6-13)22-16-10-7-14(20(25)26-4)11-17(16)23-19;1-11(2)23(3)18-17(12-4-7-14(20)8-5-12)21-15-9-6-13(19(24)25)10-16(15)22-18;1-2;/h5-12H,1-4H3;4-11H,1-3H3,(H,24,25);2H,1H3;1H4. The summed E-state index contributed by atoms with van der Waals surface area (Å²) in [6.07, 6.45) is 0. The van der Waals surface area contributed by atoms with E-state index in [4.69, 9.17) is 53.0 Å². The molecule has 0 aliphatic rings. The lowest BCUT2D eigenvalue weighted by Crippen LogP contribution is -2.27. The van der Waals surface area contributed by atoms with Gasteiger partial charge in [-0.3, -0.25) is 0 Å². The van der Waals surface area contributed by atoms with Crippen LogP contribution in [-0.4, -0.2) is 82.5 Å². The molecule has 0 saturated heterocycles. The van der Waals surface area contributed by atoms with E-state index in [0.29, 0.717) is 43.5 Å². The highest BCUT2D eigenvalue weighted by molar-refractivity contribution is 6.31. The molecule has 6 aromatic rings. The Kier molecular flexibility index (Phi) is 15.2. The number of halogens is 2. The highest BCUT2D eigenvalue weighted by Crippen LogP contribution is 2.33. The Labute approximate surface area is 326 Å². The van der Waals surface area contributed by atoms with E-state index in [0.717, 1.165) is 35.4 Å². The van der Waals surface area contributed by atoms with E-state index in [-0.39, 0.29) is 25.1 Å². The largest absolute Gasteiger partial charge is 0.478 e. The molecule has 2 aromatic heterocycles. The number of carboxylic acid groups (broad SMARTS) is 1. The summed E-state index contributed by atoms with van der Waals surface area (Å²) in [6.45, 7) is 8.29. The Morgan fingerprint density at radius 2 is 0.981 bits per heavy atom. The van der Waals surface area contributed by atoms with E-state index in [9.17, 15) is 14.7 Å². The highest BCUT2D eigenvalue weighted by Gasteiger charge is 2.19. The van der Waals surface area contributed by atoms with Crippen molar-refractivity contribution in [2.24, 2.45) is 0 Å². The van der Waals surface area contributed by atoms with Crippen LogP contribution in [0.3, 0.4) is 0 Å². The number of carboxylic acids is 1. The zero-order valence-corrected chi connectivity index (χ0v) is 32.3. The summed E-state index contributed by atoms with van der Waals surface area (Å²) in [5, 5.41) is 17.5. The molecule has 13 heteroatoms. The number of benzene rings is 4. The van der Waals surface area contributed by atoms with E-state index in [1.807, 2.05) is 67.5 Å². The van der Waals surface area contributed by atoms with Gasteiger partial charge in [-0.15, -0.1) is 0 Å². The van der Waals surface area contributed by atoms with Crippen LogP contribution in [0.2, 0.25) is 10.0 Å². The predicted molar refractivity (Wildman–Crippen MR) is 220 cm³/mol. The molecule has 0 bridgehead atoms. The van der Waals surface area contributed by atoms with Gasteiger partial charge in [0, 0.05) is 54.5 Å². The maximum atomic E-state index is 11.8. The van der Waals surface area contributed by atoms with Gasteiger partial charge in [-0.2, -0.15) is 0 Å². The number of esters is 1. The maximum absolute atomic E-state index is 11.8. The lowest BCUT2D eigenvalue weighted by Gasteiger charge is -2.25. The molecule has 0 aliphatic heterocycles. The topological polar surface area (TPSA) is 142 Å². The fourth-order valence-electron chi connectivity index (χ4n) is 5.05. The van der Waals surface area contributed by atoms with E-state index in [2.05, 4.69) is 32.6 Å². The number of aromatic nitrogens is 4. The number of nitrogens with zero attached hydrogens (tertiary/aromatic N) is 6. The van der Waals surface area contributed by atoms with Crippen LogP contribution in [0.4, 0.5) is 11.6 Å². The first-order valence-corrected chi connectivity index (χ1v) is 17.4. The number of rotatable bonds is 8. The van der Waals surface area contributed by atoms with Gasteiger partial charge in [0.15, 0.2) is 11.6 Å². The fraction of sp³-hybridized carbons (Fsp3) is 0.268. The number of methoxy groups -OCH3 is 1. The van der Waals surface area contributed by atoms with Gasteiger partial charge in [0.1, 0.15) is 11.4 Å². The number of hydrogen-bond acceptors (Lipinski definition) is 10. The van der Waals surface area contributed by atoms with Crippen molar-refractivity contribution in [1.29, 1.82) is 0 Å². The molecule has 6 rings (SSSR count). The molecule has 0 saturated carbocycles.